The van der Waals surface area contributed by atoms with Crippen LogP contribution in [0.15, 0.2) is 0 Å². The Labute approximate surface area is 119 Å². The molecule has 3 nitrogen and oxygen atoms in total. The lowest BCUT2D eigenvalue weighted by molar-refractivity contribution is 0.0700. The quantitative estimate of drug-likeness (QED) is 0.874. The molecule has 1 fully saturated rings. The molecule has 1 aliphatic carbocycles. The Kier molecular flexibility index (Phi) is 4.61. The molecule has 0 bridgehead atoms. The van der Waals surface area contributed by atoms with Crippen LogP contribution >= 0.6 is 11.3 Å². The Morgan fingerprint density at radius 3 is 2.74 bits per heavy atom. The van der Waals surface area contributed by atoms with Crippen LogP contribution in [0.1, 0.15) is 85.1 Å². The summed E-state index contributed by atoms with van der Waals surface area (Å²) in [5.74, 6) is 0.629. The van der Waals surface area contributed by atoms with E-state index in [9.17, 15) is 9.90 Å². The normalized spacial score (nSPS) is 23.8. The maximum atomic E-state index is 11.3. The molecule has 0 aliphatic heterocycles. The largest absolute Gasteiger partial charge is 0.477 e. The van der Waals surface area contributed by atoms with Crippen LogP contribution in [0.4, 0.5) is 0 Å². The molecule has 1 N–H and O–H groups in total. The van der Waals surface area contributed by atoms with Crippen LogP contribution in [-0.4, -0.2) is 16.1 Å². The molecule has 1 aromatic rings. The van der Waals surface area contributed by atoms with Gasteiger partial charge in [-0.2, -0.15) is 0 Å². The summed E-state index contributed by atoms with van der Waals surface area (Å²) in [4.78, 5) is 16.4. The van der Waals surface area contributed by atoms with Crippen molar-refractivity contribution in [1.82, 2.24) is 4.98 Å². The third-order valence-corrected chi connectivity index (χ3v) is 5.34. The molecular formula is C15H23NO2S. The highest BCUT2D eigenvalue weighted by Gasteiger charge is 2.27. The second-order valence-electron chi connectivity index (χ2n) is 5.86. The third kappa shape index (κ3) is 3.16. The van der Waals surface area contributed by atoms with Gasteiger partial charge in [0.2, 0.25) is 0 Å². The van der Waals surface area contributed by atoms with Gasteiger partial charge in [0.15, 0.2) is 0 Å². The average Bonchev–Trinajstić information content (AvgIpc) is 2.84. The minimum atomic E-state index is -0.824. The summed E-state index contributed by atoms with van der Waals surface area (Å²) in [5.41, 5.74) is 0.770. The minimum absolute atomic E-state index is 0.182. The van der Waals surface area contributed by atoms with E-state index < -0.39 is 5.97 Å². The van der Waals surface area contributed by atoms with E-state index in [2.05, 4.69) is 11.9 Å². The van der Waals surface area contributed by atoms with Gasteiger partial charge in [0.1, 0.15) is 4.88 Å². The maximum absolute atomic E-state index is 11.3. The number of hydrogen-bond acceptors (Lipinski definition) is 3. The smallest absolute Gasteiger partial charge is 0.347 e. The van der Waals surface area contributed by atoms with E-state index in [1.165, 1.54) is 43.4 Å². The van der Waals surface area contributed by atoms with Crippen LogP contribution in [0.5, 0.6) is 0 Å². The molecule has 2 unspecified atom stereocenters. The van der Waals surface area contributed by atoms with E-state index in [0.717, 1.165) is 16.6 Å². The molecule has 106 valence electrons. The number of rotatable bonds is 4. The van der Waals surface area contributed by atoms with Crippen molar-refractivity contribution >= 4 is 17.3 Å². The zero-order valence-corrected chi connectivity index (χ0v) is 12.8. The van der Waals surface area contributed by atoms with E-state index >= 15 is 0 Å². The molecular weight excluding hydrogens is 258 g/mol. The second-order valence-corrected chi connectivity index (χ2v) is 6.89. The fourth-order valence-corrected chi connectivity index (χ4v) is 4.16. The molecule has 1 saturated carbocycles. The van der Waals surface area contributed by atoms with E-state index in [4.69, 9.17) is 0 Å². The summed E-state index contributed by atoms with van der Waals surface area (Å²) < 4.78 is 0. The molecule has 2 atom stereocenters. The van der Waals surface area contributed by atoms with E-state index in [1.807, 2.05) is 13.8 Å². The number of carboxylic acids is 1. The fraction of sp³-hybridized carbons (Fsp3) is 0.733. The summed E-state index contributed by atoms with van der Waals surface area (Å²) in [5, 5.41) is 10.3. The van der Waals surface area contributed by atoms with Crippen LogP contribution in [-0.2, 0) is 0 Å². The third-order valence-electron chi connectivity index (χ3n) is 4.12. The van der Waals surface area contributed by atoms with Gasteiger partial charge in [0.25, 0.3) is 0 Å². The van der Waals surface area contributed by atoms with Crippen molar-refractivity contribution < 1.29 is 9.90 Å². The molecule has 1 heterocycles. The van der Waals surface area contributed by atoms with Gasteiger partial charge < -0.3 is 5.11 Å². The van der Waals surface area contributed by atoms with Crippen molar-refractivity contribution in [2.45, 2.75) is 64.7 Å². The Morgan fingerprint density at radius 1 is 1.47 bits per heavy atom. The van der Waals surface area contributed by atoms with Crippen LogP contribution < -0.4 is 0 Å². The van der Waals surface area contributed by atoms with Crippen molar-refractivity contribution in [1.29, 1.82) is 0 Å². The van der Waals surface area contributed by atoms with Crippen LogP contribution in [0.25, 0.3) is 0 Å². The van der Waals surface area contributed by atoms with Crippen molar-refractivity contribution in [3.63, 3.8) is 0 Å². The summed E-state index contributed by atoms with van der Waals surface area (Å²) in [6, 6.07) is 0. The van der Waals surface area contributed by atoms with Gasteiger partial charge in [-0.15, -0.1) is 11.3 Å². The first-order chi connectivity index (χ1) is 9.02. The maximum Gasteiger partial charge on any atom is 0.347 e. The molecule has 2 rings (SSSR count). The number of carboxylic acid groups (broad SMARTS) is 1. The van der Waals surface area contributed by atoms with E-state index in [1.54, 1.807) is 0 Å². The summed E-state index contributed by atoms with van der Waals surface area (Å²) in [6.45, 7) is 6.28. The monoisotopic (exact) mass is 281 g/mol. The second kappa shape index (κ2) is 6.04. The van der Waals surface area contributed by atoms with Gasteiger partial charge >= 0.3 is 5.97 Å². The van der Waals surface area contributed by atoms with Crippen LogP contribution in [0, 0.1) is 5.92 Å². The first-order valence-electron chi connectivity index (χ1n) is 7.26. The SMILES string of the molecule is CCC1CCCC(c2nc(C(C)C)c(C(=O)O)s2)C1. The highest BCUT2D eigenvalue weighted by molar-refractivity contribution is 7.13. The van der Waals surface area contributed by atoms with Gasteiger partial charge in [0, 0.05) is 5.92 Å². The number of aromatic carboxylic acids is 1. The zero-order chi connectivity index (χ0) is 14.0. The minimum Gasteiger partial charge on any atom is -0.477 e. The first kappa shape index (κ1) is 14.5. The van der Waals surface area contributed by atoms with E-state index in [0.29, 0.717) is 10.8 Å². The van der Waals surface area contributed by atoms with Gasteiger partial charge in [-0.05, 0) is 24.7 Å². The van der Waals surface area contributed by atoms with Gasteiger partial charge in [-0.25, -0.2) is 9.78 Å². The van der Waals surface area contributed by atoms with E-state index in [-0.39, 0.29) is 5.92 Å². The van der Waals surface area contributed by atoms with Crippen molar-refractivity contribution in [3.05, 3.63) is 15.6 Å². The predicted molar refractivity (Wildman–Crippen MR) is 78.2 cm³/mol. The number of thiazole rings is 1. The molecule has 19 heavy (non-hydrogen) atoms. The van der Waals surface area contributed by atoms with Gasteiger partial charge in [-0.1, -0.05) is 40.0 Å². The van der Waals surface area contributed by atoms with Crippen molar-refractivity contribution in [3.8, 4) is 0 Å². The Balaban J connectivity index is 2.25. The lowest BCUT2D eigenvalue weighted by atomic mass is 9.80. The highest BCUT2D eigenvalue weighted by atomic mass is 32.1. The molecule has 0 radical (unpaired) electrons. The molecule has 1 aromatic heterocycles. The summed E-state index contributed by atoms with van der Waals surface area (Å²) in [6.07, 6.45) is 6.15. The molecule has 0 saturated heterocycles. The van der Waals surface area contributed by atoms with Crippen molar-refractivity contribution in [2.75, 3.05) is 0 Å². The standard InChI is InChI=1S/C15H23NO2S/c1-4-10-6-5-7-11(8-10)14-16-12(9(2)3)13(19-14)15(17)18/h9-11H,4-8H2,1-3H3,(H,17,18). The predicted octanol–water partition coefficient (Wildman–Crippen LogP) is 4.65. The molecule has 1 aliphatic rings. The lowest BCUT2D eigenvalue weighted by Gasteiger charge is -2.26. The average molecular weight is 281 g/mol. The Hall–Kier alpha value is -0.900. The zero-order valence-electron chi connectivity index (χ0n) is 12.0. The molecule has 4 heteroatoms. The summed E-state index contributed by atoms with van der Waals surface area (Å²) in [7, 11) is 0. The number of hydrogen-bond donors (Lipinski definition) is 1. The fourth-order valence-electron chi connectivity index (χ4n) is 2.95. The Bertz CT molecular complexity index is 453. The molecule has 0 aromatic carbocycles. The van der Waals surface area contributed by atoms with Crippen LogP contribution in [0.3, 0.4) is 0 Å². The molecule has 0 amide bonds. The van der Waals surface area contributed by atoms with Gasteiger partial charge in [-0.3, -0.25) is 0 Å². The summed E-state index contributed by atoms with van der Waals surface area (Å²) >= 11 is 1.40. The van der Waals surface area contributed by atoms with Crippen molar-refractivity contribution in [2.24, 2.45) is 5.92 Å². The molecule has 0 spiro atoms. The first-order valence-corrected chi connectivity index (χ1v) is 8.08. The number of nitrogens with zero attached hydrogens (tertiary/aromatic N) is 1. The Morgan fingerprint density at radius 2 is 2.21 bits per heavy atom. The van der Waals surface area contributed by atoms with Crippen LogP contribution in [0.2, 0.25) is 0 Å². The number of aromatic nitrogens is 1. The highest BCUT2D eigenvalue weighted by Crippen LogP contribution is 2.40. The topological polar surface area (TPSA) is 50.2 Å². The lowest BCUT2D eigenvalue weighted by Crippen LogP contribution is -2.13. The number of carbonyl (C=O) groups is 1. The van der Waals surface area contributed by atoms with Gasteiger partial charge in [0.05, 0.1) is 10.7 Å².